The van der Waals surface area contributed by atoms with E-state index in [1.807, 2.05) is 0 Å². The Hall–Kier alpha value is -0.980. The predicted molar refractivity (Wildman–Crippen MR) is 78.6 cm³/mol. The maximum atomic E-state index is 12.0. The van der Waals surface area contributed by atoms with E-state index >= 15 is 0 Å². The standard InChI is InChI=1S/C14H18BrN3O2/c15-11-4-10(5-16-6-11)14(19)17-7-13-8-18-3-1-2-12(18)9-20-13/h4-6,12-13H,1-3,7-9H2,(H,17,19). The van der Waals surface area contributed by atoms with Crippen molar-refractivity contribution in [2.45, 2.75) is 25.0 Å². The predicted octanol–water partition coefficient (Wildman–Crippen LogP) is 1.44. The first kappa shape index (κ1) is 14.0. The topological polar surface area (TPSA) is 54.5 Å². The van der Waals surface area contributed by atoms with E-state index < -0.39 is 0 Å². The number of carbonyl (C=O) groups is 1. The highest BCUT2D eigenvalue weighted by molar-refractivity contribution is 9.10. The van der Waals surface area contributed by atoms with Crippen LogP contribution in [0.5, 0.6) is 0 Å². The van der Waals surface area contributed by atoms with Crippen molar-refractivity contribution in [1.29, 1.82) is 0 Å². The zero-order valence-electron chi connectivity index (χ0n) is 11.2. The molecular weight excluding hydrogens is 322 g/mol. The van der Waals surface area contributed by atoms with Crippen LogP contribution in [0.4, 0.5) is 0 Å². The SMILES string of the molecule is O=C(NCC1CN2CCCC2CO1)c1cncc(Br)c1. The van der Waals surface area contributed by atoms with Gasteiger partial charge in [-0.2, -0.15) is 0 Å². The van der Waals surface area contributed by atoms with Crippen molar-refractivity contribution in [2.75, 3.05) is 26.2 Å². The molecule has 0 radical (unpaired) electrons. The lowest BCUT2D eigenvalue weighted by molar-refractivity contribution is -0.0461. The number of fused-ring (bicyclic) bond motifs is 1. The second-order valence-electron chi connectivity index (χ2n) is 5.35. The van der Waals surface area contributed by atoms with Gasteiger partial charge in [0.1, 0.15) is 0 Å². The van der Waals surface area contributed by atoms with Gasteiger partial charge in [0.05, 0.1) is 18.3 Å². The first-order valence-electron chi connectivity index (χ1n) is 6.97. The molecule has 2 saturated heterocycles. The number of morpholine rings is 1. The fraction of sp³-hybridized carbons (Fsp3) is 0.571. The van der Waals surface area contributed by atoms with Crippen molar-refractivity contribution < 1.29 is 9.53 Å². The summed E-state index contributed by atoms with van der Waals surface area (Å²) in [5, 5.41) is 2.92. The molecule has 2 unspecified atom stereocenters. The van der Waals surface area contributed by atoms with Crippen LogP contribution in [0.1, 0.15) is 23.2 Å². The van der Waals surface area contributed by atoms with Gasteiger partial charge in [0.15, 0.2) is 0 Å². The molecule has 3 rings (SSSR count). The van der Waals surface area contributed by atoms with Crippen molar-refractivity contribution in [3.05, 3.63) is 28.5 Å². The molecule has 2 aliphatic heterocycles. The third-order valence-corrected chi connectivity index (χ3v) is 4.35. The summed E-state index contributed by atoms with van der Waals surface area (Å²) in [5.74, 6) is -0.106. The molecular formula is C14H18BrN3O2. The minimum Gasteiger partial charge on any atom is -0.373 e. The minimum atomic E-state index is -0.106. The number of nitrogens with one attached hydrogen (secondary N) is 1. The van der Waals surface area contributed by atoms with Gasteiger partial charge in [0.2, 0.25) is 0 Å². The van der Waals surface area contributed by atoms with Crippen LogP contribution in [0.2, 0.25) is 0 Å². The van der Waals surface area contributed by atoms with E-state index in [0.717, 1.165) is 24.2 Å². The average Bonchev–Trinajstić information content (AvgIpc) is 2.92. The Morgan fingerprint density at radius 3 is 3.30 bits per heavy atom. The van der Waals surface area contributed by atoms with Gasteiger partial charge in [-0.3, -0.25) is 14.7 Å². The van der Waals surface area contributed by atoms with Crippen molar-refractivity contribution in [3.8, 4) is 0 Å². The van der Waals surface area contributed by atoms with Crippen LogP contribution in [0.3, 0.4) is 0 Å². The largest absolute Gasteiger partial charge is 0.373 e. The second-order valence-corrected chi connectivity index (χ2v) is 6.26. The van der Waals surface area contributed by atoms with Crippen LogP contribution in [-0.4, -0.2) is 54.2 Å². The fourth-order valence-electron chi connectivity index (χ4n) is 2.85. The van der Waals surface area contributed by atoms with Gasteiger partial charge in [0, 0.05) is 36.0 Å². The third kappa shape index (κ3) is 3.19. The quantitative estimate of drug-likeness (QED) is 0.905. The summed E-state index contributed by atoms with van der Waals surface area (Å²) in [6, 6.07) is 2.36. The molecule has 108 valence electrons. The number of amides is 1. The summed E-state index contributed by atoms with van der Waals surface area (Å²) in [6.07, 6.45) is 5.82. The summed E-state index contributed by atoms with van der Waals surface area (Å²) >= 11 is 3.32. The van der Waals surface area contributed by atoms with E-state index in [1.54, 1.807) is 18.5 Å². The van der Waals surface area contributed by atoms with Gasteiger partial charge < -0.3 is 10.1 Å². The van der Waals surface area contributed by atoms with Crippen LogP contribution in [0.25, 0.3) is 0 Å². The Balaban J connectivity index is 1.51. The Kier molecular flexibility index (Phi) is 4.33. The van der Waals surface area contributed by atoms with Crippen molar-refractivity contribution in [1.82, 2.24) is 15.2 Å². The average molecular weight is 340 g/mol. The number of carbonyl (C=O) groups excluding carboxylic acids is 1. The molecule has 2 aliphatic rings. The summed E-state index contributed by atoms with van der Waals surface area (Å²) in [4.78, 5) is 18.5. The summed E-state index contributed by atoms with van der Waals surface area (Å²) in [5.41, 5.74) is 0.564. The highest BCUT2D eigenvalue weighted by Crippen LogP contribution is 2.22. The molecule has 1 N–H and O–H groups in total. The summed E-state index contributed by atoms with van der Waals surface area (Å²) < 4.78 is 6.63. The molecule has 3 heterocycles. The molecule has 2 atom stereocenters. The maximum absolute atomic E-state index is 12.0. The Bertz CT molecular complexity index is 497. The zero-order chi connectivity index (χ0) is 13.9. The van der Waals surface area contributed by atoms with Crippen LogP contribution in [0, 0.1) is 0 Å². The number of halogens is 1. The minimum absolute atomic E-state index is 0.0911. The lowest BCUT2D eigenvalue weighted by atomic mass is 10.2. The van der Waals surface area contributed by atoms with Crippen molar-refractivity contribution in [2.24, 2.45) is 0 Å². The van der Waals surface area contributed by atoms with Crippen LogP contribution >= 0.6 is 15.9 Å². The van der Waals surface area contributed by atoms with Gasteiger partial charge in [-0.05, 0) is 41.4 Å². The molecule has 1 aromatic heterocycles. The van der Waals surface area contributed by atoms with E-state index in [0.29, 0.717) is 18.2 Å². The smallest absolute Gasteiger partial charge is 0.252 e. The number of aromatic nitrogens is 1. The van der Waals surface area contributed by atoms with Gasteiger partial charge >= 0.3 is 0 Å². The molecule has 0 saturated carbocycles. The maximum Gasteiger partial charge on any atom is 0.252 e. The molecule has 20 heavy (non-hydrogen) atoms. The number of ether oxygens (including phenoxy) is 1. The zero-order valence-corrected chi connectivity index (χ0v) is 12.8. The summed E-state index contributed by atoms with van der Waals surface area (Å²) in [6.45, 7) is 3.42. The monoisotopic (exact) mass is 339 g/mol. The van der Waals surface area contributed by atoms with Crippen LogP contribution < -0.4 is 5.32 Å². The number of nitrogens with zero attached hydrogens (tertiary/aromatic N) is 2. The van der Waals surface area contributed by atoms with E-state index in [9.17, 15) is 4.79 Å². The second kappa shape index (κ2) is 6.20. The molecule has 5 nitrogen and oxygen atoms in total. The van der Waals surface area contributed by atoms with E-state index in [2.05, 4.69) is 31.1 Å². The van der Waals surface area contributed by atoms with Crippen LogP contribution in [0.15, 0.2) is 22.9 Å². The van der Waals surface area contributed by atoms with E-state index in [1.165, 1.54) is 12.8 Å². The molecule has 0 bridgehead atoms. The van der Waals surface area contributed by atoms with Crippen molar-refractivity contribution in [3.63, 3.8) is 0 Å². The lowest BCUT2D eigenvalue weighted by Gasteiger charge is -2.35. The van der Waals surface area contributed by atoms with E-state index in [-0.39, 0.29) is 12.0 Å². The number of rotatable bonds is 3. The molecule has 0 aromatic carbocycles. The van der Waals surface area contributed by atoms with Crippen molar-refractivity contribution >= 4 is 21.8 Å². The summed E-state index contributed by atoms with van der Waals surface area (Å²) in [7, 11) is 0. The Morgan fingerprint density at radius 1 is 1.55 bits per heavy atom. The van der Waals surface area contributed by atoms with Gasteiger partial charge in [-0.25, -0.2) is 0 Å². The molecule has 0 aliphatic carbocycles. The fourth-order valence-corrected chi connectivity index (χ4v) is 3.22. The van der Waals surface area contributed by atoms with Gasteiger partial charge in [0.25, 0.3) is 5.91 Å². The Labute approximate surface area is 126 Å². The molecule has 6 heteroatoms. The first-order valence-corrected chi connectivity index (χ1v) is 7.76. The number of hydrogen-bond acceptors (Lipinski definition) is 4. The molecule has 1 amide bonds. The van der Waals surface area contributed by atoms with Gasteiger partial charge in [-0.15, -0.1) is 0 Å². The van der Waals surface area contributed by atoms with Crippen LogP contribution in [-0.2, 0) is 4.74 Å². The Morgan fingerprint density at radius 2 is 2.45 bits per heavy atom. The highest BCUT2D eigenvalue weighted by Gasteiger charge is 2.32. The normalized spacial score (nSPS) is 26.2. The number of pyridine rings is 1. The third-order valence-electron chi connectivity index (χ3n) is 3.92. The molecule has 0 spiro atoms. The lowest BCUT2D eigenvalue weighted by Crippen LogP contribution is -2.50. The number of hydrogen-bond donors (Lipinski definition) is 1. The van der Waals surface area contributed by atoms with E-state index in [4.69, 9.17) is 4.74 Å². The molecule has 1 aromatic rings. The highest BCUT2D eigenvalue weighted by atomic mass is 79.9. The first-order chi connectivity index (χ1) is 9.72. The van der Waals surface area contributed by atoms with Gasteiger partial charge in [-0.1, -0.05) is 0 Å². The molecule has 2 fully saturated rings.